The van der Waals surface area contributed by atoms with Gasteiger partial charge in [-0.15, -0.1) is 0 Å². The molecule has 2 aromatic heterocycles. The van der Waals surface area contributed by atoms with Gasteiger partial charge in [0.2, 0.25) is 0 Å². The highest BCUT2D eigenvalue weighted by molar-refractivity contribution is 7.07. The normalized spacial score (nSPS) is 12.7. The number of aryl methyl sites for hydroxylation is 1. The highest BCUT2D eigenvalue weighted by atomic mass is 32.1. The highest BCUT2D eigenvalue weighted by Crippen LogP contribution is 2.25. The number of benzene rings is 1. The minimum atomic E-state index is 0.341. The number of nitrogens with one attached hydrogen (secondary N) is 1. The van der Waals surface area contributed by atoms with Gasteiger partial charge in [-0.05, 0) is 53.9 Å². The number of rotatable bonds is 5. The molecule has 0 fully saturated rings. The monoisotopic (exact) mass is 282 g/mol. The topological polar surface area (TPSA) is 24.9 Å². The van der Waals surface area contributed by atoms with E-state index in [4.69, 9.17) is 0 Å². The molecule has 3 rings (SSSR count). The van der Waals surface area contributed by atoms with Crippen molar-refractivity contribution in [2.24, 2.45) is 0 Å². The molecule has 3 heteroatoms. The molecule has 0 spiro atoms. The summed E-state index contributed by atoms with van der Waals surface area (Å²) in [5.41, 5.74) is 3.82. The largest absolute Gasteiger partial charge is 0.313 e. The Bertz CT molecular complexity index is 671. The average molecular weight is 282 g/mol. The molecule has 1 atom stereocenters. The molecule has 1 N–H and O–H groups in total. The van der Waals surface area contributed by atoms with Crippen LogP contribution in [0.5, 0.6) is 0 Å². The van der Waals surface area contributed by atoms with E-state index in [0.717, 1.165) is 18.4 Å². The average Bonchev–Trinajstić information content (AvgIpc) is 3.01. The maximum Gasteiger partial charge on any atom is 0.0749 e. The summed E-state index contributed by atoms with van der Waals surface area (Å²) in [6.45, 7) is 0. The van der Waals surface area contributed by atoms with Crippen molar-refractivity contribution in [1.82, 2.24) is 10.3 Å². The number of pyridine rings is 1. The van der Waals surface area contributed by atoms with Gasteiger partial charge in [0.1, 0.15) is 0 Å². The van der Waals surface area contributed by atoms with Crippen LogP contribution >= 0.6 is 11.3 Å². The summed E-state index contributed by atoms with van der Waals surface area (Å²) in [7, 11) is 2.03. The molecule has 20 heavy (non-hydrogen) atoms. The minimum absolute atomic E-state index is 0.341. The standard InChI is InChI=1S/C17H18N2S/c1-18-16(8-7-13-9-11-20-12-13)15-6-2-4-14-5-3-10-19-17(14)15/h2-6,9-12,16,18H,7-8H2,1H3. The summed E-state index contributed by atoms with van der Waals surface area (Å²) in [4.78, 5) is 4.56. The molecule has 1 unspecified atom stereocenters. The summed E-state index contributed by atoms with van der Waals surface area (Å²) in [6, 6.07) is 13.1. The van der Waals surface area contributed by atoms with Gasteiger partial charge in [0, 0.05) is 17.6 Å². The molecule has 2 nitrogen and oxygen atoms in total. The zero-order valence-corrected chi connectivity index (χ0v) is 12.4. The second kappa shape index (κ2) is 6.16. The van der Waals surface area contributed by atoms with Crippen LogP contribution in [-0.2, 0) is 6.42 Å². The Morgan fingerprint density at radius 2 is 2.10 bits per heavy atom. The van der Waals surface area contributed by atoms with E-state index in [-0.39, 0.29) is 0 Å². The van der Waals surface area contributed by atoms with Crippen molar-refractivity contribution in [3.63, 3.8) is 0 Å². The van der Waals surface area contributed by atoms with E-state index in [0.29, 0.717) is 6.04 Å². The Balaban J connectivity index is 1.87. The summed E-state index contributed by atoms with van der Waals surface area (Å²) in [6.07, 6.45) is 4.05. The van der Waals surface area contributed by atoms with Crippen LogP contribution < -0.4 is 5.32 Å². The summed E-state index contributed by atoms with van der Waals surface area (Å²) in [5, 5.41) is 9.02. The fourth-order valence-electron chi connectivity index (χ4n) is 2.61. The van der Waals surface area contributed by atoms with Crippen LogP contribution in [0.15, 0.2) is 53.4 Å². The molecule has 0 aliphatic heterocycles. The lowest BCUT2D eigenvalue weighted by molar-refractivity contribution is 0.552. The number of hydrogen-bond donors (Lipinski definition) is 1. The van der Waals surface area contributed by atoms with Gasteiger partial charge in [-0.3, -0.25) is 4.98 Å². The van der Waals surface area contributed by atoms with E-state index in [1.165, 1.54) is 16.5 Å². The molecule has 0 aliphatic carbocycles. The Hall–Kier alpha value is -1.71. The van der Waals surface area contributed by atoms with Crippen LogP contribution in [0.3, 0.4) is 0 Å². The molecule has 2 heterocycles. The first-order valence-electron chi connectivity index (χ1n) is 6.90. The fourth-order valence-corrected chi connectivity index (χ4v) is 3.31. The molecule has 0 amide bonds. The van der Waals surface area contributed by atoms with Gasteiger partial charge < -0.3 is 5.32 Å². The third-order valence-corrected chi connectivity index (χ3v) is 4.42. The molecule has 3 aromatic rings. The van der Waals surface area contributed by atoms with Crippen molar-refractivity contribution in [3.8, 4) is 0 Å². The lowest BCUT2D eigenvalue weighted by Crippen LogP contribution is -2.17. The van der Waals surface area contributed by atoms with E-state index >= 15 is 0 Å². The first kappa shape index (κ1) is 13.3. The van der Waals surface area contributed by atoms with Gasteiger partial charge in [-0.25, -0.2) is 0 Å². The third kappa shape index (κ3) is 2.74. The Labute approximate surface area is 123 Å². The number of nitrogens with zero attached hydrogens (tertiary/aromatic N) is 1. The molecule has 0 bridgehead atoms. The van der Waals surface area contributed by atoms with Gasteiger partial charge in [-0.1, -0.05) is 24.3 Å². The smallest absolute Gasteiger partial charge is 0.0749 e. The van der Waals surface area contributed by atoms with Crippen molar-refractivity contribution in [3.05, 3.63) is 64.5 Å². The predicted molar refractivity (Wildman–Crippen MR) is 86.2 cm³/mol. The van der Waals surface area contributed by atoms with Gasteiger partial charge in [0.25, 0.3) is 0 Å². The molecule has 102 valence electrons. The second-order valence-electron chi connectivity index (χ2n) is 4.93. The summed E-state index contributed by atoms with van der Waals surface area (Å²) in [5.74, 6) is 0. The maximum atomic E-state index is 4.56. The van der Waals surface area contributed by atoms with Crippen molar-refractivity contribution in [2.45, 2.75) is 18.9 Å². The fraction of sp³-hybridized carbons (Fsp3) is 0.235. The van der Waals surface area contributed by atoms with E-state index in [1.54, 1.807) is 11.3 Å². The molecular formula is C17H18N2S. The Morgan fingerprint density at radius 1 is 1.20 bits per heavy atom. The van der Waals surface area contributed by atoms with Crippen molar-refractivity contribution in [2.75, 3.05) is 7.05 Å². The first-order chi connectivity index (χ1) is 9.88. The molecule has 0 saturated heterocycles. The van der Waals surface area contributed by atoms with Crippen molar-refractivity contribution < 1.29 is 0 Å². The van der Waals surface area contributed by atoms with Crippen LogP contribution in [0.25, 0.3) is 10.9 Å². The molecule has 0 saturated carbocycles. The van der Waals surface area contributed by atoms with Gasteiger partial charge in [0.15, 0.2) is 0 Å². The number of aromatic nitrogens is 1. The Kier molecular flexibility index (Phi) is 4.09. The number of para-hydroxylation sites is 1. The van der Waals surface area contributed by atoms with Crippen LogP contribution in [-0.4, -0.2) is 12.0 Å². The summed E-state index contributed by atoms with van der Waals surface area (Å²) < 4.78 is 0. The highest BCUT2D eigenvalue weighted by Gasteiger charge is 2.13. The third-order valence-electron chi connectivity index (χ3n) is 3.69. The zero-order valence-electron chi connectivity index (χ0n) is 11.5. The van der Waals surface area contributed by atoms with Crippen molar-refractivity contribution >= 4 is 22.2 Å². The minimum Gasteiger partial charge on any atom is -0.313 e. The molecule has 0 radical (unpaired) electrons. The summed E-state index contributed by atoms with van der Waals surface area (Å²) >= 11 is 1.76. The van der Waals surface area contributed by atoms with Crippen LogP contribution in [0.1, 0.15) is 23.6 Å². The van der Waals surface area contributed by atoms with E-state index in [1.807, 2.05) is 19.3 Å². The number of fused-ring (bicyclic) bond motifs is 1. The lowest BCUT2D eigenvalue weighted by Gasteiger charge is -2.18. The predicted octanol–water partition coefficient (Wildman–Crippen LogP) is 4.19. The van der Waals surface area contributed by atoms with E-state index in [9.17, 15) is 0 Å². The van der Waals surface area contributed by atoms with Crippen LogP contribution in [0, 0.1) is 0 Å². The SMILES string of the molecule is CNC(CCc1ccsc1)c1cccc2cccnc12. The first-order valence-corrected chi connectivity index (χ1v) is 7.85. The van der Waals surface area contributed by atoms with E-state index in [2.05, 4.69) is 51.4 Å². The van der Waals surface area contributed by atoms with Crippen LogP contribution in [0.2, 0.25) is 0 Å². The number of thiophene rings is 1. The quantitative estimate of drug-likeness (QED) is 0.759. The van der Waals surface area contributed by atoms with Gasteiger partial charge in [0.05, 0.1) is 5.52 Å². The van der Waals surface area contributed by atoms with Crippen molar-refractivity contribution in [1.29, 1.82) is 0 Å². The second-order valence-corrected chi connectivity index (χ2v) is 5.71. The molecule has 0 aliphatic rings. The molecule has 1 aromatic carbocycles. The number of hydrogen-bond acceptors (Lipinski definition) is 3. The van der Waals surface area contributed by atoms with Gasteiger partial charge in [-0.2, -0.15) is 11.3 Å². The Morgan fingerprint density at radius 3 is 2.90 bits per heavy atom. The maximum absolute atomic E-state index is 4.56. The van der Waals surface area contributed by atoms with Crippen LogP contribution in [0.4, 0.5) is 0 Å². The zero-order chi connectivity index (χ0) is 13.8. The lowest BCUT2D eigenvalue weighted by atomic mass is 9.97. The van der Waals surface area contributed by atoms with E-state index < -0.39 is 0 Å². The van der Waals surface area contributed by atoms with Gasteiger partial charge >= 0.3 is 0 Å². The molecular weight excluding hydrogens is 264 g/mol.